The summed E-state index contributed by atoms with van der Waals surface area (Å²) in [6, 6.07) is 7.77. The fourth-order valence-corrected chi connectivity index (χ4v) is 3.23. The van der Waals surface area contributed by atoms with Crippen LogP contribution in [0.4, 0.5) is 0 Å². The molecule has 1 aromatic heterocycles. The lowest BCUT2D eigenvalue weighted by molar-refractivity contribution is 0.340. The Balaban J connectivity index is 2.00. The van der Waals surface area contributed by atoms with E-state index in [0.29, 0.717) is 6.61 Å². The summed E-state index contributed by atoms with van der Waals surface area (Å²) < 4.78 is 7.93. The SMILES string of the molecule is CCOc1ccc(/C=c2/sc3n(c2=O)CCCN=3)cc1. The average molecular weight is 288 g/mol. The molecule has 1 aliphatic heterocycles. The maximum absolute atomic E-state index is 12.2. The highest BCUT2D eigenvalue weighted by atomic mass is 32.1. The largest absolute Gasteiger partial charge is 0.494 e. The fraction of sp³-hybridized carbons (Fsp3) is 0.333. The van der Waals surface area contributed by atoms with Gasteiger partial charge in [-0.1, -0.05) is 23.5 Å². The minimum atomic E-state index is 0.0716. The molecule has 0 bridgehead atoms. The maximum Gasteiger partial charge on any atom is 0.270 e. The summed E-state index contributed by atoms with van der Waals surface area (Å²) in [7, 11) is 0. The zero-order valence-corrected chi connectivity index (χ0v) is 12.2. The van der Waals surface area contributed by atoms with Crippen molar-refractivity contribution in [3.63, 3.8) is 0 Å². The number of hydrogen-bond donors (Lipinski definition) is 0. The molecule has 0 amide bonds. The van der Waals surface area contributed by atoms with Gasteiger partial charge in [0.15, 0.2) is 4.80 Å². The molecule has 0 atom stereocenters. The van der Waals surface area contributed by atoms with Gasteiger partial charge in [-0.15, -0.1) is 0 Å². The molecular weight excluding hydrogens is 272 g/mol. The number of benzene rings is 1. The lowest BCUT2D eigenvalue weighted by atomic mass is 10.2. The van der Waals surface area contributed by atoms with E-state index < -0.39 is 0 Å². The molecule has 0 saturated carbocycles. The third-order valence-corrected chi connectivity index (χ3v) is 4.21. The van der Waals surface area contributed by atoms with Crippen LogP contribution in [0.25, 0.3) is 6.08 Å². The zero-order chi connectivity index (χ0) is 13.9. The highest BCUT2D eigenvalue weighted by Crippen LogP contribution is 2.12. The second-order valence-corrected chi connectivity index (χ2v) is 5.60. The van der Waals surface area contributed by atoms with Crippen LogP contribution in [-0.4, -0.2) is 17.7 Å². The molecule has 0 fully saturated rings. The van der Waals surface area contributed by atoms with Crippen LogP contribution in [0.3, 0.4) is 0 Å². The second-order valence-electron chi connectivity index (χ2n) is 4.59. The lowest BCUT2D eigenvalue weighted by Crippen LogP contribution is -2.33. The van der Waals surface area contributed by atoms with Crippen LogP contribution >= 0.6 is 11.3 Å². The van der Waals surface area contributed by atoms with Gasteiger partial charge in [-0.25, -0.2) is 0 Å². The van der Waals surface area contributed by atoms with Crippen LogP contribution in [0.1, 0.15) is 18.9 Å². The summed E-state index contributed by atoms with van der Waals surface area (Å²) in [5.74, 6) is 0.849. The van der Waals surface area contributed by atoms with Gasteiger partial charge in [-0.3, -0.25) is 14.4 Å². The number of hydrogen-bond acceptors (Lipinski definition) is 4. The number of aromatic nitrogens is 1. The Bertz CT molecular complexity index is 772. The van der Waals surface area contributed by atoms with Crippen molar-refractivity contribution in [1.82, 2.24) is 4.57 Å². The zero-order valence-electron chi connectivity index (χ0n) is 11.3. The van der Waals surface area contributed by atoms with Crippen molar-refractivity contribution in [3.05, 3.63) is 49.5 Å². The first-order valence-corrected chi connectivity index (χ1v) is 7.58. The van der Waals surface area contributed by atoms with Gasteiger partial charge in [-0.2, -0.15) is 0 Å². The van der Waals surface area contributed by atoms with E-state index in [1.807, 2.05) is 37.3 Å². The first-order chi connectivity index (χ1) is 9.78. The number of thiazole rings is 1. The molecule has 1 aromatic carbocycles. The Hall–Kier alpha value is -1.88. The van der Waals surface area contributed by atoms with Crippen molar-refractivity contribution in [1.29, 1.82) is 0 Å². The van der Waals surface area contributed by atoms with E-state index in [4.69, 9.17) is 4.74 Å². The molecule has 4 nitrogen and oxygen atoms in total. The molecule has 0 N–H and O–H groups in total. The second kappa shape index (κ2) is 5.63. The Morgan fingerprint density at radius 1 is 1.40 bits per heavy atom. The molecule has 0 saturated heterocycles. The van der Waals surface area contributed by atoms with Gasteiger partial charge in [0.05, 0.1) is 11.1 Å². The summed E-state index contributed by atoms with van der Waals surface area (Å²) in [6.07, 6.45) is 2.87. The van der Waals surface area contributed by atoms with Crippen molar-refractivity contribution < 1.29 is 4.74 Å². The molecule has 0 unspecified atom stereocenters. The fourth-order valence-electron chi connectivity index (χ4n) is 2.20. The Morgan fingerprint density at radius 3 is 2.90 bits per heavy atom. The van der Waals surface area contributed by atoms with Gasteiger partial charge in [0.2, 0.25) is 0 Å². The van der Waals surface area contributed by atoms with Gasteiger partial charge in [0.25, 0.3) is 5.56 Å². The highest BCUT2D eigenvalue weighted by Gasteiger charge is 2.08. The van der Waals surface area contributed by atoms with Crippen LogP contribution in [0.15, 0.2) is 34.1 Å². The van der Waals surface area contributed by atoms with Gasteiger partial charge < -0.3 is 4.74 Å². The molecule has 3 rings (SSSR count). The molecule has 1 aliphatic rings. The van der Waals surface area contributed by atoms with E-state index in [2.05, 4.69) is 4.99 Å². The van der Waals surface area contributed by atoms with Crippen LogP contribution in [0, 0.1) is 0 Å². The molecule has 0 radical (unpaired) electrons. The van der Waals surface area contributed by atoms with Gasteiger partial charge in [0, 0.05) is 13.1 Å². The molecule has 104 valence electrons. The minimum Gasteiger partial charge on any atom is -0.494 e. The third-order valence-electron chi connectivity index (χ3n) is 3.16. The van der Waals surface area contributed by atoms with Crippen LogP contribution in [-0.2, 0) is 6.54 Å². The maximum atomic E-state index is 12.2. The number of ether oxygens (including phenoxy) is 1. The smallest absolute Gasteiger partial charge is 0.270 e. The van der Waals surface area contributed by atoms with E-state index in [0.717, 1.165) is 40.2 Å². The quantitative estimate of drug-likeness (QED) is 0.850. The third kappa shape index (κ3) is 2.54. The number of rotatable bonds is 3. The van der Waals surface area contributed by atoms with Crippen LogP contribution < -0.4 is 19.6 Å². The molecule has 0 spiro atoms. The monoisotopic (exact) mass is 288 g/mol. The van der Waals surface area contributed by atoms with E-state index in [1.54, 1.807) is 4.57 Å². The average Bonchev–Trinajstić information content (AvgIpc) is 2.79. The first kappa shape index (κ1) is 13.1. The van der Waals surface area contributed by atoms with Crippen LogP contribution in [0.5, 0.6) is 5.75 Å². The summed E-state index contributed by atoms with van der Waals surface area (Å²) in [5.41, 5.74) is 1.08. The van der Waals surface area contributed by atoms with E-state index >= 15 is 0 Å². The normalized spacial score (nSPS) is 14.8. The van der Waals surface area contributed by atoms with Gasteiger partial charge in [0.1, 0.15) is 5.75 Å². The Labute approximate surface area is 120 Å². The Morgan fingerprint density at radius 2 is 2.20 bits per heavy atom. The predicted octanol–water partition coefficient (Wildman–Crippen LogP) is 1.16. The molecule has 20 heavy (non-hydrogen) atoms. The van der Waals surface area contributed by atoms with E-state index in [-0.39, 0.29) is 5.56 Å². The summed E-state index contributed by atoms with van der Waals surface area (Å²) in [5, 5.41) is 0. The molecule has 0 aliphatic carbocycles. The first-order valence-electron chi connectivity index (χ1n) is 6.76. The van der Waals surface area contributed by atoms with Crippen molar-refractivity contribution in [2.24, 2.45) is 4.99 Å². The molecular formula is C15H16N2O2S. The summed E-state index contributed by atoms with van der Waals surface area (Å²) >= 11 is 1.47. The van der Waals surface area contributed by atoms with Gasteiger partial charge >= 0.3 is 0 Å². The number of nitrogens with zero attached hydrogens (tertiary/aromatic N) is 2. The van der Waals surface area contributed by atoms with Crippen molar-refractivity contribution >= 4 is 17.4 Å². The minimum absolute atomic E-state index is 0.0716. The molecule has 2 aromatic rings. The summed E-state index contributed by atoms with van der Waals surface area (Å²) in [4.78, 5) is 17.5. The molecule has 2 heterocycles. The lowest BCUT2D eigenvalue weighted by Gasteiger charge is -2.03. The highest BCUT2D eigenvalue weighted by molar-refractivity contribution is 7.07. The standard InChI is InChI=1S/C15H16N2O2S/c1-2-19-12-6-4-11(5-7-12)10-13-14(18)17-9-3-8-16-15(17)20-13/h4-7,10H,2-3,8-9H2,1H3/b13-10+. The van der Waals surface area contributed by atoms with E-state index in [9.17, 15) is 4.79 Å². The van der Waals surface area contributed by atoms with E-state index in [1.165, 1.54) is 11.3 Å². The molecule has 5 heteroatoms. The number of fused-ring (bicyclic) bond motifs is 1. The summed E-state index contributed by atoms with van der Waals surface area (Å²) in [6.45, 7) is 4.22. The predicted molar refractivity (Wildman–Crippen MR) is 80.0 cm³/mol. The van der Waals surface area contributed by atoms with Crippen molar-refractivity contribution in [2.45, 2.75) is 19.9 Å². The van der Waals surface area contributed by atoms with Crippen molar-refractivity contribution in [2.75, 3.05) is 13.2 Å². The van der Waals surface area contributed by atoms with Gasteiger partial charge in [-0.05, 0) is 37.1 Å². The Kier molecular flexibility index (Phi) is 3.69. The van der Waals surface area contributed by atoms with Crippen molar-refractivity contribution in [3.8, 4) is 5.75 Å². The van der Waals surface area contributed by atoms with Crippen LogP contribution in [0.2, 0.25) is 0 Å². The topological polar surface area (TPSA) is 43.6 Å².